The summed E-state index contributed by atoms with van der Waals surface area (Å²) >= 11 is 0. The molecule has 1 saturated heterocycles. The molecule has 1 aliphatic heterocycles. The van der Waals surface area contributed by atoms with E-state index in [1.807, 2.05) is 0 Å². The van der Waals surface area contributed by atoms with Crippen molar-refractivity contribution >= 4 is 0 Å². The van der Waals surface area contributed by atoms with Crippen LogP contribution in [0.3, 0.4) is 0 Å². The number of hydrogen-bond donors (Lipinski definition) is 3. The van der Waals surface area contributed by atoms with E-state index >= 15 is 0 Å². The largest absolute Gasteiger partial charge is 0.314 e. The molecule has 0 amide bonds. The first kappa shape index (κ1) is 23.2. The molecule has 3 heteroatoms. The Hall–Kier alpha value is -0.120. The van der Waals surface area contributed by atoms with Crippen molar-refractivity contribution in [2.24, 2.45) is 0 Å². The normalized spacial score (nSPS) is 25.9. The summed E-state index contributed by atoms with van der Waals surface area (Å²) in [5.74, 6) is 0. The summed E-state index contributed by atoms with van der Waals surface area (Å²) in [4.78, 5) is 0. The van der Waals surface area contributed by atoms with E-state index in [9.17, 15) is 0 Å². The molecule has 2 fully saturated rings. The van der Waals surface area contributed by atoms with Crippen LogP contribution in [0.2, 0.25) is 0 Å². The summed E-state index contributed by atoms with van der Waals surface area (Å²) in [6.07, 6.45) is 19.3. The molecule has 0 aromatic heterocycles. The van der Waals surface area contributed by atoms with E-state index in [0.29, 0.717) is 6.04 Å². The summed E-state index contributed by atoms with van der Waals surface area (Å²) in [6, 6.07) is 0.669. The molecule has 1 saturated carbocycles. The molecular formula is C24H49N3. The van der Waals surface area contributed by atoms with E-state index in [1.165, 1.54) is 96.4 Å². The molecule has 0 aromatic carbocycles. The minimum atomic E-state index is 0.140. The van der Waals surface area contributed by atoms with Crippen molar-refractivity contribution < 1.29 is 0 Å². The molecule has 2 aliphatic rings. The third-order valence-corrected chi connectivity index (χ3v) is 7.38. The third kappa shape index (κ3) is 7.01. The lowest BCUT2D eigenvalue weighted by Gasteiger charge is -2.40. The van der Waals surface area contributed by atoms with Crippen molar-refractivity contribution in [3.63, 3.8) is 0 Å². The summed E-state index contributed by atoms with van der Waals surface area (Å²) < 4.78 is 0. The first-order valence-corrected chi connectivity index (χ1v) is 12.1. The highest BCUT2D eigenvalue weighted by Crippen LogP contribution is 2.39. The highest BCUT2D eigenvalue weighted by molar-refractivity contribution is 5.15. The van der Waals surface area contributed by atoms with Crippen molar-refractivity contribution in [3.05, 3.63) is 0 Å². The first-order chi connectivity index (χ1) is 12.8. The van der Waals surface area contributed by atoms with Crippen molar-refractivity contribution in [1.29, 1.82) is 0 Å². The van der Waals surface area contributed by atoms with Gasteiger partial charge in [0, 0.05) is 17.1 Å². The van der Waals surface area contributed by atoms with Crippen LogP contribution in [0.5, 0.6) is 0 Å². The maximum absolute atomic E-state index is 3.96. The van der Waals surface area contributed by atoms with E-state index in [2.05, 4.69) is 50.6 Å². The Balaban J connectivity index is 1.54. The van der Waals surface area contributed by atoms with E-state index in [-0.39, 0.29) is 16.7 Å². The van der Waals surface area contributed by atoms with Gasteiger partial charge in [0.15, 0.2) is 0 Å². The predicted molar refractivity (Wildman–Crippen MR) is 119 cm³/mol. The highest BCUT2D eigenvalue weighted by Gasteiger charge is 2.54. The molecule has 27 heavy (non-hydrogen) atoms. The third-order valence-electron chi connectivity index (χ3n) is 7.38. The van der Waals surface area contributed by atoms with Crippen LogP contribution in [-0.2, 0) is 0 Å². The zero-order valence-electron chi connectivity index (χ0n) is 19.2. The van der Waals surface area contributed by atoms with Crippen LogP contribution < -0.4 is 16.0 Å². The SMILES string of the molecule is CCCCCCCCCCCCNC1CCCC2(C1)NC(C)(C)C(C)(C)N2. The second kappa shape index (κ2) is 10.6. The fourth-order valence-corrected chi connectivity index (χ4v) is 5.14. The fourth-order valence-electron chi connectivity index (χ4n) is 5.14. The number of unbranched alkanes of at least 4 members (excludes halogenated alkanes) is 9. The fraction of sp³-hybridized carbons (Fsp3) is 1.00. The Morgan fingerprint density at radius 2 is 1.30 bits per heavy atom. The molecule has 160 valence electrons. The Labute approximate surface area is 170 Å². The highest BCUT2D eigenvalue weighted by atomic mass is 15.3. The molecule has 1 heterocycles. The van der Waals surface area contributed by atoms with Gasteiger partial charge < -0.3 is 5.32 Å². The van der Waals surface area contributed by atoms with Crippen LogP contribution in [0.1, 0.15) is 125 Å². The summed E-state index contributed by atoms with van der Waals surface area (Å²) in [5, 5.41) is 11.8. The summed E-state index contributed by atoms with van der Waals surface area (Å²) in [7, 11) is 0. The Kier molecular flexibility index (Phi) is 9.09. The van der Waals surface area contributed by atoms with Gasteiger partial charge in [-0.3, -0.25) is 10.6 Å². The number of rotatable bonds is 12. The van der Waals surface area contributed by atoms with Gasteiger partial charge in [0.2, 0.25) is 0 Å². The van der Waals surface area contributed by atoms with Gasteiger partial charge in [0.25, 0.3) is 0 Å². The van der Waals surface area contributed by atoms with Gasteiger partial charge in [-0.1, -0.05) is 64.7 Å². The van der Waals surface area contributed by atoms with Crippen molar-refractivity contribution in [1.82, 2.24) is 16.0 Å². The van der Waals surface area contributed by atoms with Gasteiger partial charge in [0.1, 0.15) is 0 Å². The second-order valence-corrected chi connectivity index (χ2v) is 10.5. The van der Waals surface area contributed by atoms with Crippen LogP contribution >= 0.6 is 0 Å². The maximum Gasteiger partial charge on any atom is 0.0711 e. The van der Waals surface area contributed by atoms with Gasteiger partial charge >= 0.3 is 0 Å². The van der Waals surface area contributed by atoms with Crippen molar-refractivity contribution in [2.75, 3.05) is 6.54 Å². The molecule has 1 spiro atoms. The molecule has 2 rings (SSSR count). The van der Waals surface area contributed by atoms with E-state index in [0.717, 1.165) is 0 Å². The molecule has 0 aromatic rings. The maximum atomic E-state index is 3.96. The Morgan fingerprint density at radius 3 is 1.85 bits per heavy atom. The lowest BCUT2D eigenvalue weighted by atomic mass is 9.85. The zero-order chi connectivity index (χ0) is 19.8. The standard InChI is InChI=1S/C24H49N3/c1-6-7-8-9-10-11-12-13-14-15-19-25-21-17-16-18-24(20-21)26-22(2,3)23(4,5)27-24/h21,25-27H,6-20H2,1-5H3. The molecule has 0 radical (unpaired) electrons. The quantitative estimate of drug-likeness (QED) is 0.370. The molecule has 1 unspecified atom stereocenters. The molecule has 1 atom stereocenters. The monoisotopic (exact) mass is 379 g/mol. The predicted octanol–water partition coefficient (Wildman–Crippen LogP) is 5.89. The van der Waals surface area contributed by atoms with E-state index in [4.69, 9.17) is 0 Å². The molecule has 3 N–H and O–H groups in total. The zero-order valence-corrected chi connectivity index (χ0v) is 19.2. The number of hydrogen-bond acceptors (Lipinski definition) is 3. The van der Waals surface area contributed by atoms with Gasteiger partial charge in [-0.15, -0.1) is 0 Å². The Bertz CT molecular complexity index is 400. The number of nitrogens with one attached hydrogen (secondary N) is 3. The topological polar surface area (TPSA) is 36.1 Å². The van der Waals surface area contributed by atoms with Crippen LogP contribution in [0.25, 0.3) is 0 Å². The lowest BCUT2D eigenvalue weighted by molar-refractivity contribution is 0.177. The van der Waals surface area contributed by atoms with Crippen molar-refractivity contribution in [2.45, 2.75) is 147 Å². The first-order valence-electron chi connectivity index (χ1n) is 12.1. The van der Waals surface area contributed by atoms with Crippen LogP contribution in [0.15, 0.2) is 0 Å². The van der Waals surface area contributed by atoms with E-state index in [1.54, 1.807) is 0 Å². The van der Waals surface area contributed by atoms with Crippen molar-refractivity contribution in [3.8, 4) is 0 Å². The summed E-state index contributed by atoms with van der Waals surface area (Å²) in [5.41, 5.74) is 0.428. The van der Waals surface area contributed by atoms with Gasteiger partial charge in [-0.25, -0.2) is 0 Å². The van der Waals surface area contributed by atoms with Crippen LogP contribution in [0, 0.1) is 0 Å². The van der Waals surface area contributed by atoms with E-state index < -0.39 is 0 Å². The van der Waals surface area contributed by atoms with Gasteiger partial charge in [-0.05, 0) is 66.3 Å². The smallest absolute Gasteiger partial charge is 0.0711 e. The molecule has 3 nitrogen and oxygen atoms in total. The minimum absolute atomic E-state index is 0.140. The molecular weight excluding hydrogens is 330 g/mol. The average molecular weight is 380 g/mol. The van der Waals surface area contributed by atoms with Crippen LogP contribution in [0.4, 0.5) is 0 Å². The van der Waals surface area contributed by atoms with Gasteiger partial charge in [0.05, 0.1) is 5.66 Å². The Morgan fingerprint density at radius 1 is 0.778 bits per heavy atom. The average Bonchev–Trinajstić information content (AvgIpc) is 2.76. The molecule has 1 aliphatic carbocycles. The summed E-state index contributed by atoms with van der Waals surface area (Å²) in [6.45, 7) is 12.9. The van der Waals surface area contributed by atoms with Gasteiger partial charge in [-0.2, -0.15) is 0 Å². The minimum Gasteiger partial charge on any atom is -0.314 e. The molecule has 0 bridgehead atoms. The van der Waals surface area contributed by atoms with Crippen LogP contribution in [-0.4, -0.2) is 29.3 Å². The second-order valence-electron chi connectivity index (χ2n) is 10.5. The lowest BCUT2D eigenvalue weighted by Crippen LogP contribution is -2.58.